The molecule has 2 rings (SSSR count). The molecule has 1 aliphatic carbocycles. The van der Waals surface area contributed by atoms with Crippen LogP contribution in [0.4, 0.5) is 0 Å². The number of rotatable bonds is 1. The molecule has 0 aromatic heterocycles. The fourth-order valence-electron chi connectivity index (χ4n) is 2.17. The smallest absolute Gasteiger partial charge is 0.227 e. The van der Waals surface area contributed by atoms with E-state index in [9.17, 15) is 4.79 Å². The van der Waals surface area contributed by atoms with Gasteiger partial charge < -0.3 is 5.32 Å². The number of nitrogens with one attached hydrogen (secondary N) is 1. The minimum Gasteiger partial charge on any atom is -0.359 e. The quantitative estimate of drug-likeness (QED) is 0.716. The molecule has 1 unspecified atom stereocenters. The molecule has 0 spiro atoms. The number of benzene rings is 1. The second kappa shape index (κ2) is 3.45. The Balaban J connectivity index is 2.38. The summed E-state index contributed by atoms with van der Waals surface area (Å²) in [7, 11) is 1.70. The Labute approximate surface area is 84.3 Å². The number of carbonyl (C=O) groups excluding carboxylic acids is 1. The first-order chi connectivity index (χ1) is 6.72. The maximum absolute atomic E-state index is 11.6. The maximum atomic E-state index is 11.6. The van der Waals surface area contributed by atoms with Gasteiger partial charge in [-0.25, -0.2) is 0 Å². The van der Waals surface area contributed by atoms with Gasteiger partial charge in [0.1, 0.15) is 0 Å². The lowest BCUT2D eigenvalue weighted by Gasteiger charge is -2.09. The normalized spacial score (nSPS) is 19.1. The molecule has 0 saturated heterocycles. The third kappa shape index (κ3) is 1.41. The largest absolute Gasteiger partial charge is 0.359 e. The van der Waals surface area contributed by atoms with Gasteiger partial charge in [0.15, 0.2) is 0 Å². The molecule has 1 aliphatic rings. The number of likely N-dealkylation sites (N-methyl/N-ethyl adjacent to an activating group) is 1. The number of fused-ring (bicyclic) bond motifs is 1. The third-order valence-electron chi connectivity index (χ3n) is 2.94. The van der Waals surface area contributed by atoms with Crippen LogP contribution >= 0.6 is 0 Å². The van der Waals surface area contributed by atoms with E-state index in [1.54, 1.807) is 7.05 Å². The molecule has 0 radical (unpaired) electrons. The Morgan fingerprint density at radius 1 is 1.50 bits per heavy atom. The second-order valence-corrected chi connectivity index (χ2v) is 3.91. The summed E-state index contributed by atoms with van der Waals surface area (Å²) in [5.74, 6) is 0.226. The number of carbonyl (C=O) groups is 1. The van der Waals surface area contributed by atoms with Crippen molar-refractivity contribution in [3.05, 3.63) is 34.9 Å². The topological polar surface area (TPSA) is 29.1 Å². The Bertz CT molecular complexity index is 371. The summed E-state index contributed by atoms with van der Waals surface area (Å²) in [5.41, 5.74) is 3.80. The van der Waals surface area contributed by atoms with E-state index in [-0.39, 0.29) is 11.8 Å². The van der Waals surface area contributed by atoms with Crippen LogP contribution in [-0.2, 0) is 11.2 Å². The van der Waals surface area contributed by atoms with E-state index in [2.05, 4.69) is 30.4 Å². The highest BCUT2D eigenvalue weighted by atomic mass is 16.1. The molecule has 0 fully saturated rings. The van der Waals surface area contributed by atoms with E-state index in [1.165, 1.54) is 16.7 Å². The molecule has 1 atom stereocenters. The molecule has 0 saturated carbocycles. The van der Waals surface area contributed by atoms with Crippen molar-refractivity contribution < 1.29 is 4.79 Å². The van der Waals surface area contributed by atoms with Crippen molar-refractivity contribution in [2.75, 3.05) is 7.05 Å². The molecule has 74 valence electrons. The highest BCUT2D eigenvalue weighted by Gasteiger charge is 2.27. The summed E-state index contributed by atoms with van der Waals surface area (Å²) >= 11 is 0. The predicted molar refractivity (Wildman–Crippen MR) is 56.3 cm³/mol. The van der Waals surface area contributed by atoms with E-state index in [4.69, 9.17) is 0 Å². The van der Waals surface area contributed by atoms with Crippen LogP contribution < -0.4 is 5.32 Å². The summed E-state index contributed by atoms with van der Waals surface area (Å²) in [4.78, 5) is 11.6. The lowest BCUT2D eigenvalue weighted by atomic mass is 9.99. The molecule has 1 N–H and O–H groups in total. The van der Waals surface area contributed by atoms with Gasteiger partial charge in [0, 0.05) is 7.05 Å². The molecule has 1 amide bonds. The minimum absolute atomic E-state index is 0.0786. The summed E-state index contributed by atoms with van der Waals surface area (Å²) in [6, 6.07) is 6.40. The number of amides is 1. The van der Waals surface area contributed by atoms with Crippen LogP contribution in [0.1, 0.15) is 29.0 Å². The minimum atomic E-state index is 0.0786. The first-order valence-electron chi connectivity index (χ1n) is 5.03. The van der Waals surface area contributed by atoms with Gasteiger partial charge in [-0.15, -0.1) is 0 Å². The first kappa shape index (κ1) is 9.25. The van der Waals surface area contributed by atoms with Crippen molar-refractivity contribution in [1.29, 1.82) is 0 Å². The highest BCUT2D eigenvalue weighted by molar-refractivity contribution is 5.84. The van der Waals surface area contributed by atoms with Crippen LogP contribution in [0.25, 0.3) is 0 Å². The van der Waals surface area contributed by atoms with Gasteiger partial charge in [-0.1, -0.05) is 23.8 Å². The first-order valence-corrected chi connectivity index (χ1v) is 5.03. The molecular weight excluding hydrogens is 174 g/mol. The zero-order valence-electron chi connectivity index (χ0n) is 8.63. The van der Waals surface area contributed by atoms with Gasteiger partial charge in [0.25, 0.3) is 0 Å². The third-order valence-corrected chi connectivity index (χ3v) is 2.94. The van der Waals surface area contributed by atoms with E-state index >= 15 is 0 Å². The van der Waals surface area contributed by atoms with Gasteiger partial charge in [-0.3, -0.25) is 4.79 Å². The zero-order chi connectivity index (χ0) is 10.1. The molecule has 1 aromatic carbocycles. The standard InChI is InChI=1S/C12H15NO/c1-8-3-4-9-5-6-10(11(9)7-8)12(14)13-2/h3-4,7,10H,5-6H2,1-2H3,(H,13,14). The van der Waals surface area contributed by atoms with Crippen LogP contribution in [0.3, 0.4) is 0 Å². The highest BCUT2D eigenvalue weighted by Crippen LogP contribution is 2.33. The van der Waals surface area contributed by atoms with Gasteiger partial charge >= 0.3 is 0 Å². The van der Waals surface area contributed by atoms with Crippen molar-refractivity contribution in [3.63, 3.8) is 0 Å². The molecule has 1 aromatic rings. The van der Waals surface area contributed by atoms with Crippen molar-refractivity contribution in [2.45, 2.75) is 25.7 Å². The number of hydrogen-bond donors (Lipinski definition) is 1. The van der Waals surface area contributed by atoms with Crippen molar-refractivity contribution in [2.24, 2.45) is 0 Å². The summed E-state index contributed by atoms with van der Waals surface area (Å²) in [6.45, 7) is 2.07. The fraction of sp³-hybridized carbons (Fsp3) is 0.417. The van der Waals surface area contributed by atoms with E-state index in [0.717, 1.165) is 12.8 Å². The van der Waals surface area contributed by atoms with Gasteiger partial charge in [-0.2, -0.15) is 0 Å². The Morgan fingerprint density at radius 2 is 2.29 bits per heavy atom. The molecule has 2 nitrogen and oxygen atoms in total. The number of aryl methyl sites for hydroxylation is 2. The fourth-order valence-corrected chi connectivity index (χ4v) is 2.17. The zero-order valence-corrected chi connectivity index (χ0v) is 8.63. The molecule has 14 heavy (non-hydrogen) atoms. The van der Waals surface area contributed by atoms with Crippen molar-refractivity contribution >= 4 is 5.91 Å². The predicted octanol–water partition coefficient (Wildman–Crippen LogP) is 1.77. The van der Waals surface area contributed by atoms with Crippen LogP contribution in [0.2, 0.25) is 0 Å². The maximum Gasteiger partial charge on any atom is 0.227 e. The molecular formula is C12H15NO. The summed E-state index contributed by atoms with van der Waals surface area (Å²) in [6.07, 6.45) is 1.99. The number of hydrogen-bond acceptors (Lipinski definition) is 1. The molecule has 0 aliphatic heterocycles. The molecule has 0 bridgehead atoms. The SMILES string of the molecule is CNC(=O)C1CCc2ccc(C)cc21. The van der Waals surface area contributed by atoms with Crippen molar-refractivity contribution in [1.82, 2.24) is 5.32 Å². The van der Waals surface area contributed by atoms with Gasteiger partial charge in [0.2, 0.25) is 5.91 Å². The monoisotopic (exact) mass is 189 g/mol. The lowest BCUT2D eigenvalue weighted by Crippen LogP contribution is -2.24. The van der Waals surface area contributed by atoms with Crippen molar-refractivity contribution in [3.8, 4) is 0 Å². The van der Waals surface area contributed by atoms with Crippen LogP contribution in [0.15, 0.2) is 18.2 Å². The Morgan fingerprint density at radius 3 is 3.00 bits per heavy atom. The lowest BCUT2D eigenvalue weighted by molar-refractivity contribution is -0.122. The van der Waals surface area contributed by atoms with Gasteiger partial charge in [-0.05, 0) is 30.9 Å². The second-order valence-electron chi connectivity index (χ2n) is 3.91. The Hall–Kier alpha value is -1.31. The van der Waals surface area contributed by atoms with Crippen LogP contribution in [0.5, 0.6) is 0 Å². The molecule has 2 heteroatoms. The summed E-state index contributed by atoms with van der Waals surface area (Å²) < 4.78 is 0. The average Bonchev–Trinajstić information content (AvgIpc) is 2.59. The van der Waals surface area contributed by atoms with E-state index < -0.39 is 0 Å². The van der Waals surface area contributed by atoms with E-state index in [0.29, 0.717) is 0 Å². The van der Waals surface area contributed by atoms with Crippen LogP contribution in [0, 0.1) is 6.92 Å². The van der Waals surface area contributed by atoms with E-state index in [1.807, 2.05) is 0 Å². The Kier molecular flexibility index (Phi) is 2.28. The average molecular weight is 189 g/mol. The molecule has 0 heterocycles. The van der Waals surface area contributed by atoms with Gasteiger partial charge in [0.05, 0.1) is 5.92 Å². The summed E-state index contributed by atoms with van der Waals surface area (Å²) in [5, 5.41) is 2.73. The van der Waals surface area contributed by atoms with Crippen LogP contribution in [-0.4, -0.2) is 13.0 Å².